The Hall–Kier alpha value is -4.42. The van der Waals surface area contributed by atoms with Gasteiger partial charge in [0.1, 0.15) is 5.82 Å². The Morgan fingerprint density at radius 1 is 0.667 bits per heavy atom. The summed E-state index contributed by atoms with van der Waals surface area (Å²) in [7, 11) is 0. The lowest BCUT2D eigenvalue weighted by molar-refractivity contribution is 0.105. The van der Waals surface area contributed by atoms with Gasteiger partial charge < -0.3 is 5.32 Å². The summed E-state index contributed by atoms with van der Waals surface area (Å²) >= 11 is 0. The minimum Gasteiger partial charge on any atom is -0.373 e. The van der Waals surface area contributed by atoms with Crippen molar-refractivity contribution in [3.05, 3.63) is 143 Å². The van der Waals surface area contributed by atoms with Crippen molar-refractivity contribution in [1.29, 1.82) is 0 Å². The minimum atomic E-state index is -0.292. The van der Waals surface area contributed by atoms with Crippen LogP contribution in [0.1, 0.15) is 27.0 Å². The van der Waals surface area contributed by atoms with E-state index in [2.05, 4.69) is 17.2 Å². The molecule has 0 spiro atoms. The van der Waals surface area contributed by atoms with Crippen LogP contribution in [0.25, 0.3) is 11.3 Å². The third-order valence-electron chi connectivity index (χ3n) is 5.07. The van der Waals surface area contributed by atoms with Crippen molar-refractivity contribution in [3.63, 3.8) is 0 Å². The van der Waals surface area contributed by atoms with Crippen molar-refractivity contribution < 1.29 is 9.18 Å². The predicted octanol–water partition coefficient (Wildman–Crippen LogP) is 6.22. The Kier molecular flexibility index (Phi) is 7.10. The number of carbonyl (C=O) groups excluding carboxylic acids is 1. The van der Waals surface area contributed by atoms with Crippen LogP contribution >= 0.6 is 0 Å². The Morgan fingerprint density at radius 3 is 1.76 bits per heavy atom. The van der Waals surface area contributed by atoms with Gasteiger partial charge in [-0.3, -0.25) is 4.79 Å². The number of halogens is 1. The van der Waals surface area contributed by atoms with Gasteiger partial charge in [0, 0.05) is 11.1 Å². The normalized spacial score (nSPS) is 11.1. The topological polar surface area (TPSA) is 29.1 Å². The second kappa shape index (κ2) is 10.7. The maximum atomic E-state index is 13.7. The van der Waals surface area contributed by atoms with E-state index in [4.69, 9.17) is 0 Å². The van der Waals surface area contributed by atoms with Crippen LogP contribution in [0.3, 0.4) is 0 Å². The van der Waals surface area contributed by atoms with E-state index in [1.807, 2.05) is 91.0 Å². The lowest BCUT2D eigenvalue weighted by atomic mass is 9.92. The Bertz CT molecular complexity index is 1300. The number of allylic oxidation sites excluding steroid dienone is 1. The number of Topliss-reactive ketones (excluding diaryl/α,β-unsaturated/α-hetero) is 1. The molecule has 0 atom stereocenters. The Labute approximate surface area is 193 Å². The molecule has 0 heterocycles. The van der Waals surface area contributed by atoms with E-state index in [9.17, 15) is 9.18 Å². The van der Waals surface area contributed by atoms with Crippen LogP contribution in [0.5, 0.6) is 0 Å². The third-order valence-corrected chi connectivity index (χ3v) is 5.07. The lowest BCUT2D eigenvalue weighted by Gasteiger charge is -2.17. The highest BCUT2D eigenvalue weighted by molar-refractivity contribution is 6.34. The fourth-order valence-electron chi connectivity index (χ4n) is 3.48. The standard InChI is InChI=1S/C30H22FNO/c31-27-20-18-23(19-21-27)11-10-22-32-29(25-14-6-2-7-15-25)28(24-12-4-1-5-13-24)30(33)26-16-8-3-9-17-26/h1-9,12-21,32H,22H2/b29-28-. The molecule has 0 aliphatic carbocycles. The van der Waals surface area contributed by atoms with Gasteiger partial charge in [-0.15, -0.1) is 0 Å². The number of hydrogen-bond donors (Lipinski definition) is 1. The van der Waals surface area contributed by atoms with Crippen LogP contribution in [0.2, 0.25) is 0 Å². The highest BCUT2D eigenvalue weighted by Crippen LogP contribution is 2.28. The van der Waals surface area contributed by atoms with Gasteiger partial charge in [0.25, 0.3) is 0 Å². The van der Waals surface area contributed by atoms with Crippen molar-refractivity contribution >= 4 is 17.1 Å². The molecule has 0 fully saturated rings. The van der Waals surface area contributed by atoms with E-state index in [0.717, 1.165) is 16.7 Å². The van der Waals surface area contributed by atoms with E-state index in [1.165, 1.54) is 12.1 Å². The van der Waals surface area contributed by atoms with Gasteiger partial charge in [-0.2, -0.15) is 0 Å². The van der Waals surface area contributed by atoms with Crippen molar-refractivity contribution in [1.82, 2.24) is 5.32 Å². The number of hydrogen-bond acceptors (Lipinski definition) is 2. The van der Waals surface area contributed by atoms with Crippen LogP contribution in [0.4, 0.5) is 4.39 Å². The second-order valence-electron chi connectivity index (χ2n) is 7.34. The number of nitrogens with one attached hydrogen (secondary N) is 1. The first kappa shape index (κ1) is 21.8. The van der Waals surface area contributed by atoms with Crippen LogP contribution < -0.4 is 5.32 Å². The summed E-state index contributed by atoms with van der Waals surface area (Å²) in [5, 5.41) is 3.38. The van der Waals surface area contributed by atoms with Gasteiger partial charge in [0.05, 0.1) is 17.8 Å². The molecular formula is C30H22FNO. The molecule has 4 aromatic carbocycles. The fourth-order valence-corrected chi connectivity index (χ4v) is 3.48. The van der Waals surface area contributed by atoms with Gasteiger partial charge in [0.2, 0.25) is 0 Å². The van der Waals surface area contributed by atoms with Gasteiger partial charge in [-0.1, -0.05) is 103 Å². The summed E-state index contributed by atoms with van der Waals surface area (Å²) in [6.07, 6.45) is 0. The largest absolute Gasteiger partial charge is 0.373 e. The zero-order valence-corrected chi connectivity index (χ0v) is 18.0. The van der Waals surface area contributed by atoms with E-state index in [1.54, 1.807) is 12.1 Å². The number of rotatable bonds is 6. The zero-order valence-electron chi connectivity index (χ0n) is 18.0. The molecule has 1 N–H and O–H groups in total. The Morgan fingerprint density at radius 2 is 1.18 bits per heavy atom. The van der Waals surface area contributed by atoms with Crippen molar-refractivity contribution in [2.45, 2.75) is 0 Å². The molecule has 0 amide bonds. The average Bonchev–Trinajstić information content (AvgIpc) is 2.88. The third kappa shape index (κ3) is 5.64. The maximum absolute atomic E-state index is 13.7. The zero-order chi connectivity index (χ0) is 22.9. The number of carbonyl (C=O) groups is 1. The molecule has 0 aliphatic heterocycles. The fraction of sp³-hybridized carbons (Fsp3) is 0.0333. The summed E-state index contributed by atoms with van der Waals surface area (Å²) < 4.78 is 13.1. The Balaban J connectivity index is 1.77. The SMILES string of the molecule is O=C(/C(=C(\NCC#Cc1ccc(F)cc1)c1ccccc1)c1ccccc1)c1ccccc1. The number of benzene rings is 4. The average molecular weight is 432 g/mol. The molecule has 0 aromatic heterocycles. The van der Waals surface area contributed by atoms with E-state index < -0.39 is 0 Å². The summed E-state index contributed by atoms with van der Waals surface area (Å²) in [5.74, 6) is 5.75. The molecule has 0 saturated heterocycles. The lowest BCUT2D eigenvalue weighted by Crippen LogP contribution is -2.18. The quantitative estimate of drug-likeness (QED) is 0.170. The highest BCUT2D eigenvalue weighted by atomic mass is 19.1. The van der Waals surface area contributed by atoms with Gasteiger partial charge in [0.15, 0.2) is 5.78 Å². The van der Waals surface area contributed by atoms with Gasteiger partial charge in [-0.05, 0) is 35.4 Å². The van der Waals surface area contributed by atoms with Gasteiger partial charge in [-0.25, -0.2) is 4.39 Å². The van der Waals surface area contributed by atoms with Crippen LogP contribution in [0.15, 0.2) is 115 Å². The molecule has 4 rings (SSSR count). The first-order chi connectivity index (χ1) is 16.2. The second-order valence-corrected chi connectivity index (χ2v) is 7.34. The van der Waals surface area contributed by atoms with E-state index >= 15 is 0 Å². The van der Waals surface area contributed by atoms with Crippen molar-refractivity contribution in [2.24, 2.45) is 0 Å². The molecule has 0 aliphatic rings. The molecule has 0 radical (unpaired) electrons. The highest BCUT2D eigenvalue weighted by Gasteiger charge is 2.20. The summed E-state index contributed by atoms with van der Waals surface area (Å²) in [6.45, 7) is 0.319. The summed E-state index contributed by atoms with van der Waals surface area (Å²) in [6, 6.07) is 34.7. The van der Waals surface area contributed by atoms with Crippen LogP contribution in [-0.2, 0) is 0 Å². The summed E-state index contributed by atoms with van der Waals surface area (Å²) in [5.41, 5.74) is 4.35. The summed E-state index contributed by atoms with van der Waals surface area (Å²) in [4.78, 5) is 13.7. The molecule has 4 aromatic rings. The van der Waals surface area contributed by atoms with Crippen LogP contribution in [0, 0.1) is 17.7 Å². The monoisotopic (exact) mass is 431 g/mol. The first-order valence-corrected chi connectivity index (χ1v) is 10.7. The molecule has 0 unspecified atom stereocenters. The minimum absolute atomic E-state index is 0.0698. The van der Waals surface area contributed by atoms with Crippen LogP contribution in [-0.4, -0.2) is 12.3 Å². The predicted molar refractivity (Wildman–Crippen MR) is 132 cm³/mol. The first-order valence-electron chi connectivity index (χ1n) is 10.7. The maximum Gasteiger partial charge on any atom is 0.195 e. The molecule has 0 bridgehead atoms. The molecule has 160 valence electrons. The van der Waals surface area contributed by atoms with Gasteiger partial charge >= 0.3 is 0 Å². The number of ketones is 1. The van der Waals surface area contributed by atoms with Crippen molar-refractivity contribution in [2.75, 3.05) is 6.54 Å². The smallest absolute Gasteiger partial charge is 0.195 e. The molecule has 0 saturated carbocycles. The molecule has 3 heteroatoms. The van der Waals surface area contributed by atoms with Crippen molar-refractivity contribution in [3.8, 4) is 11.8 Å². The molecular weight excluding hydrogens is 409 g/mol. The van der Waals surface area contributed by atoms with E-state index in [0.29, 0.717) is 23.4 Å². The molecule has 2 nitrogen and oxygen atoms in total. The molecule has 33 heavy (non-hydrogen) atoms. The van der Waals surface area contributed by atoms with E-state index in [-0.39, 0.29) is 11.6 Å².